The molecule has 0 aliphatic carbocycles. The molecule has 1 aromatic heterocycles. The lowest BCUT2D eigenvalue weighted by Gasteiger charge is -2.34. The molecule has 1 amide bonds. The van der Waals surface area contributed by atoms with Gasteiger partial charge in [0, 0.05) is 51.4 Å². The summed E-state index contributed by atoms with van der Waals surface area (Å²) in [6, 6.07) is 20.2. The van der Waals surface area contributed by atoms with Crippen molar-refractivity contribution in [2.24, 2.45) is 0 Å². The van der Waals surface area contributed by atoms with Crippen LogP contribution in [0, 0.1) is 0 Å². The third-order valence-electron chi connectivity index (χ3n) is 5.23. The van der Waals surface area contributed by atoms with Crippen molar-refractivity contribution in [3.05, 3.63) is 66.2 Å². The summed E-state index contributed by atoms with van der Waals surface area (Å²) in [6.07, 6.45) is 0. The number of nitrogens with zero attached hydrogens (tertiary/aromatic N) is 6. The van der Waals surface area contributed by atoms with Gasteiger partial charge >= 0.3 is 0 Å². The fourth-order valence-corrected chi connectivity index (χ4v) is 3.56. The first-order valence-corrected chi connectivity index (χ1v) is 10.3. The Bertz CT molecular complexity index is 921. The molecule has 0 bridgehead atoms. The van der Waals surface area contributed by atoms with Crippen molar-refractivity contribution < 1.29 is 4.79 Å². The van der Waals surface area contributed by atoms with E-state index in [2.05, 4.69) is 60.9 Å². The van der Waals surface area contributed by atoms with Gasteiger partial charge in [-0.05, 0) is 10.8 Å². The second-order valence-electron chi connectivity index (χ2n) is 7.46. The van der Waals surface area contributed by atoms with Crippen molar-refractivity contribution >= 4 is 5.91 Å². The minimum Gasteiger partial charge on any atom is -0.353 e. The second-order valence-corrected chi connectivity index (χ2v) is 7.46. The summed E-state index contributed by atoms with van der Waals surface area (Å²) in [5.41, 5.74) is 2.24. The molecule has 2 aromatic carbocycles. The maximum absolute atomic E-state index is 12.2. The Labute approximate surface area is 176 Å². The summed E-state index contributed by atoms with van der Waals surface area (Å²) >= 11 is 0. The van der Waals surface area contributed by atoms with Crippen LogP contribution in [0.1, 0.15) is 5.56 Å². The molecule has 8 heteroatoms. The van der Waals surface area contributed by atoms with Gasteiger partial charge in [-0.1, -0.05) is 60.7 Å². The van der Waals surface area contributed by atoms with E-state index in [9.17, 15) is 4.79 Å². The first-order chi connectivity index (χ1) is 14.8. The van der Waals surface area contributed by atoms with Crippen LogP contribution in [-0.2, 0) is 17.9 Å². The van der Waals surface area contributed by atoms with Gasteiger partial charge in [-0.25, -0.2) is 0 Å². The molecule has 1 saturated heterocycles. The fraction of sp³-hybridized carbons (Fsp3) is 0.364. The zero-order valence-electron chi connectivity index (χ0n) is 17.0. The van der Waals surface area contributed by atoms with Crippen LogP contribution in [0.2, 0.25) is 0 Å². The Morgan fingerprint density at radius 2 is 1.57 bits per heavy atom. The molecule has 156 valence electrons. The lowest BCUT2D eigenvalue weighted by atomic mass is 10.2. The highest BCUT2D eigenvalue weighted by atomic mass is 16.2. The zero-order valence-corrected chi connectivity index (χ0v) is 17.0. The van der Waals surface area contributed by atoms with Crippen LogP contribution in [-0.4, -0.2) is 75.2 Å². The molecule has 2 heterocycles. The largest absolute Gasteiger partial charge is 0.353 e. The Balaban J connectivity index is 1.14. The highest BCUT2D eigenvalue weighted by Crippen LogP contribution is 2.11. The number of carbonyl (C=O) groups excluding carboxylic acids is 1. The van der Waals surface area contributed by atoms with E-state index in [0.29, 0.717) is 12.4 Å². The smallest absolute Gasteiger partial charge is 0.243 e. The molecule has 4 rings (SSSR count). The maximum Gasteiger partial charge on any atom is 0.243 e. The van der Waals surface area contributed by atoms with E-state index in [4.69, 9.17) is 0 Å². The van der Waals surface area contributed by atoms with Gasteiger partial charge < -0.3 is 5.32 Å². The van der Waals surface area contributed by atoms with Crippen molar-refractivity contribution in [2.45, 2.75) is 13.1 Å². The standard InChI is InChI=1S/C22H27N7O/c30-21(18-29-25-22(24-26-29)20-9-5-2-6-10-20)23-11-12-27-13-15-28(16-14-27)17-19-7-3-1-4-8-19/h1-10H,11-18H2,(H,23,30). The van der Waals surface area contributed by atoms with E-state index < -0.39 is 0 Å². The van der Waals surface area contributed by atoms with E-state index in [1.165, 1.54) is 10.4 Å². The molecule has 30 heavy (non-hydrogen) atoms. The molecular formula is C22H27N7O. The highest BCUT2D eigenvalue weighted by molar-refractivity contribution is 5.75. The molecule has 8 nitrogen and oxygen atoms in total. The minimum absolute atomic E-state index is 0.0741. The number of carbonyl (C=O) groups is 1. The fourth-order valence-electron chi connectivity index (χ4n) is 3.56. The first kappa shape index (κ1) is 20.2. The van der Waals surface area contributed by atoms with Crippen LogP contribution in [0.15, 0.2) is 60.7 Å². The van der Waals surface area contributed by atoms with E-state index in [1.54, 1.807) is 0 Å². The molecule has 0 radical (unpaired) electrons. The number of piperazine rings is 1. The van der Waals surface area contributed by atoms with Gasteiger partial charge in [0.15, 0.2) is 0 Å². The van der Waals surface area contributed by atoms with E-state index in [-0.39, 0.29) is 12.5 Å². The summed E-state index contributed by atoms with van der Waals surface area (Å²) in [5, 5.41) is 15.2. The monoisotopic (exact) mass is 405 g/mol. The Morgan fingerprint density at radius 1 is 0.900 bits per heavy atom. The third-order valence-corrected chi connectivity index (χ3v) is 5.23. The number of tetrazole rings is 1. The number of rotatable bonds is 8. The second kappa shape index (κ2) is 10.1. The number of aromatic nitrogens is 4. The number of hydrogen-bond donors (Lipinski definition) is 1. The summed E-state index contributed by atoms with van der Waals surface area (Å²) in [7, 11) is 0. The lowest BCUT2D eigenvalue weighted by molar-refractivity contribution is -0.122. The topological polar surface area (TPSA) is 79.2 Å². The Morgan fingerprint density at radius 3 is 2.30 bits per heavy atom. The van der Waals surface area contributed by atoms with Crippen LogP contribution in [0.3, 0.4) is 0 Å². The average Bonchev–Trinajstić information content (AvgIpc) is 3.25. The minimum atomic E-state index is -0.102. The Hall–Kier alpha value is -3.10. The molecule has 3 aromatic rings. The highest BCUT2D eigenvalue weighted by Gasteiger charge is 2.17. The van der Waals surface area contributed by atoms with Crippen molar-refractivity contribution in [1.29, 1.82) is 0 Å². The van der Waals surface area contributed by atoms with E-state index in [0.717, 1.165) is 44.8 Å². The van der Waals surface area contributed by atoms with Crippen molar-refractivity contribution in [3.63, 3.8) is 0 Å². The molecule has 0 atom stereocenters. The van der Waals surface area contributed by atoms with Gasteiger partial charge in [0.05, 0.1) is 0 Å². The average molecular weight is 406 g/mol. The predicted molar refractivity (Wildman–Crippen MR) is 114 cm³/mol. The molecule has 0 unspecified atom stereocenters. The molecule has 0 saturated carbocycles. The number of hydrogen-bond acceptors (Lipinski definition) is 6. The van der Waals surface area contributed by atoms with Gasteiger partial charge in [0.2, 0.25) is 11.7 Å². The SMILES string of the molecule is O=C(Cn1nnc(-c2ccccc2)n1)NCCN1CCN(Cc2ccccc2)CC1. The van der Waals surface area contributed by atoms with Crippen molar-refractivity contribution in [2.75, 3.05) is 39.3 Å². The first-order valence-electron chi connectivity index (χ1n) is 10.3. The van der Waals surface area contributed by atoms with Crippen LogP contribution >= 0.6 is 0 Å². The van der Waals surface area contributed by atoms with E-state index >= 15 is 0 Å². The van der Waals surface area contributed by atoms with Crippen molar-refractivity contribution in [1.82, 2.24) is 35.3 Å². The van der Waals surface area contributed by atoms with E-state index in [1.807, 2.05) is 30.3 Å². The Kier molecular flexibility index (Phi) is 6.79. The van der Waals surface area contributed by atoms with Crippen LogP contribution in [0.4, 0.5) is 0 Å². The van der Waals surface area contributed by atoms with Crippen LogP contribution in [0.25, 0.3) is 11.4 Å². The molecule has 1 aliphatic rings. The normalized spacial score (nSPS) is 15.2. The molecule has 1 aliphatic heterocycles. The zero-order chi connectivity index (χ0) is 20.6. The maximum atomic E-state index is 12.2. The lowest BCUT2D eigenvalue weighted by Crippen LogP contribution is -2.48. The summed E-state index contributed by atoms with van der Waals surface area (Å²) in [4.78, 5) is 18.4. The number of benzene rings is 2. The molecule has 0 spiro atoms. The quantitative estimate of drug-likeness (QED) is 0.608. The molecular weight excluding hydrogens is 378 g/mol. The van der Waals surface area contributed by atoms with Gasteiger partial charge in [-0.3, -0.25) is 14.6 Å². The van der Waals surface area contributed by atoms with Gasteiger partial charge in [0.25, 0.3) is 0 Å². The van der Waals surface area contributed by atoms with Gasteiger partial charge in [0.1, 0.15) is 6.54 Å². The van der Waals surface area contributed by atoms with Gasteiger partial charge in [-0.15, -0.1) is 10.2 Å². The summed E-state index contributed by atoms with van der Waals surface area (Å²) < 4.78 is 0. The predicted octanol–water partition coefficient (Wildman–Crippen LogP) is 1.27. The summed E-state index contributed by atoms with van der Waals surface area (Å²) in [5.74, 6) is 0.423. The number of amides is 1. The van der Waals surface area contributed by atoms with Crippen LogP contribution in [0.5, 0.6) is 0 Å². The summed E-state index contributed by atoms with van der Waals surface area (Å²) in [6.45, 7) is 6.69. The molecule has 1 N–H and O–H groups in total. The number of nitrogens with one attached hydrogen (secondary N) is 1. The molecule has 1 fully saturated rings. The van der Waals surface area contributed by atoms with Crippen LogP contribution < -0.4 is 5.32 Å². The van der Waals surface area contributed by atoms with Crippen molar-refractivity contribution in [3.8, 4) is 11.4 Å². The third kappa shape index (κ3) is 5.71. The van der Waals surface area contributed by atoms with Gasteiger partial charge in [-0.2, -0.15) is 4.80 Å².